The second-order valence-corrected chi connectivity index (χ2v) is 18.0. The van der Waals surface area contributed by atoms with Crippen molar-refractivity contribution in [2.75, 3.05) is 264 Å². The van der Waals surface area contributed by atoms with Gasteiger partial charge in [-0.15, -0.1) is 0 Å². The van der Waals surface area contributed by atoms with E-state index in [0.29, 0.717) is 237 Å². The maximum atomic E-state index is 12.2. The van der Waals surface area contributed by atoms with Gasteiger partial charge >= 0.3 is 0 Å². The van der Waals surface area contributed by atoms with Crippen molar-refractivity contribution in [2.24, 2.45) is 28.3 Å². The van der Waals surface area contributed by atoms with Gasteiger partial charge in [-0.1, -0.05) is 22.3 Å². The number of ether oxygens (including phenoxy) is 16. The molecule has 0 radical (unpaired) electrons. The molecule has 0 atom stereocenters. The molecule has 0 aliphatic rings. The number of nitrogens with one attached hydrogen (secondary N) is 4. The van der Waals surface area contributed by atoms with Crippen LogP contribution in [-0.4, -0.2) is 287 Å². The lowest BCUT2D eigenvalue weighted by Gasteiger charge is -2.33. The highest BCUT2D eigenvalue weighted by Crippen LogP contribution is 2.21. The molecule has 0 aliphatic carbocycles. The van der Waals surface area contributed by atoms with Crippen LogP contribution in [0.5, 0.6) is 0 Å². The molecule has 0 aromatic rings. The predicted molar refractivity (Wildman–Crippen MR) is 321 cm³/mol. The van der Waals surface area contributed by atoms with Gasteiger partial charge in [0, 0.05) is 104 Å². The Balaban J connectivity index is -0.0000107. The largest absolute Gasteiger partial charge is 0.379 e. The van der Waals surface area contributed by atoms with Crippen LogP contribution in [0.25, 0.3) is 0 Å². The van der Waals surface area contributed by atoms with Crippen molar-refractivity contribution in [1.29, 1.82) is 0 Å². The van der Waals surface area contributed by atoms with Crippen molar-refractivity contribution >= 4 is 23.6 Å². The first-order valence-corrected chi connectivity index (χ1v) is 28.9. The molecule has 0 rings (SSSR count). The molecular formula is C56H120N8O20. The van der Waals surface area contributed by atoms with Crippen LogP contribution in [0.2, 0.25) is 0 Å². The van der Waals surface area contributed by atoms with E-state index in [9.17, 15) is 19.2 Å². The van der Waals surface area contributed by atoms with Crippen molar-refractivity contribution in [3.05, 3.63) is 0 Å². The van der Waals surface area contributed by atoms with Gasteiger partial charge in [-0.3, -0.25) is 19.2 Å². The third-order valence-electron chi connectivity index (χ3n) is 10.7. The number of amides is 4. The molecule has 0 fully saturated rings. The molecule has 0 bridgehead atoms. The average Bonchev–Trinajstić information content (AvgIpc) is 3.66. The first-order valence-electron chi connectivity index (χ1n) is 28.9. The molecule has 0 saturated heterocycles. The second kappa shape index (κ2) is 72.6. The van der Waals surface area contributed by atoms with Crippen LogP contribution in [0.15, 0.2) is 0 Å². The lowest BCUT2D eigenvalue weighted by atomic mass is 9.92. The molecule has 0 spiro atoms. The Bertz CT molecular complexity index is 1180. The van der Waals surface area contributed by atoms with Crippen molar-refractivity contribution < 1.29 is 95.0 Å². The number of rotatable bonds is 68. The Hall–Kier alpha value is -2.92. The average molecular weight is 1230 g/mol. The number of carbonyl (C=O) groups is 4. The highest BCUT2D eigenvalue weighted by atomic mass is 16.6. The van der Waals surface area contributed by atoms with E-state index in [0.717, 1.165) is 0 Å². The Labute approximate surface area is 504 Å². The first kappa shape index (κ1) is 87.5. The number of carbonyl (C=O) groups excluding carboxylic acids is 4. The van der Waals surface area contributed by atoms with Crippen molar-refractivity contribution in [2.45, 2.75) is 73.6 Å². The Kier molecular flexibility index (Phi) is 75.6. The van der Waals surface area contributed by atoms with E-state index >= 15 is 0 Å². The summed E-state index contributed by atoms with van der Waals surface area (Å²) in [6, 6.07) is 0. The first-order chi connectivity index (χ1) is 39.8. The number of hydrogen-bond donors (Lipinski definition) is 8. The van der Waals surface area contributed by atoms with Gasteiger partial charge in [0.25, 0.3) is 0 Å². The quantitative estimate of drug-likeness (QED) is 0.0358. The molecule has 0 aromatic carbocycles. The Morgan fingerprint density at radius 3 is 0.595 bits per heavy atom. The third-order valence-corrected chi connectivity index (χ3v) is 10.7. The standard InChI is InChI=1S/C53H108N8O20.3CH4/c54-9-25-74-33-29-70-21-5-49(62)58-13-1-17-66-37-41-78-45-53(46-79-42-38-67-18-2-14-59-50(63)6-22-71-30-34-75-26-10-55,47-80-43-39-68-19-3-15-60-51(64)7-23-72-31-35-76-27-11-56)48-81-44-40-69-20-4-16-61-52(65)8-24-73-32-36-77-28-12-57;;;/h1-48,54-57H2,(H,58,62)(H,59,63)(H,60,64)(H,61,65);3*1H4. The van der Waals surface area contributed by atoms with Crippen LogP contribution in [0.4, 0.5) is 0 Å². The fourth-order valence-corrected chi connectivity index (χ4v) is 6.53. The van der Waals surface area contributed by atoms with Gasteiger partial charge in [0.1, 0.15) is 0 Å². The van der Waals surface area contributed by atoms with Gasteiger partial charge in [-0.2, -0.15) is 0 Å². The molecule has 84 heavy (non-hydrogen) atoms. The van der Waals surface area contributed by atoms with Crippen LogP contribution in [0, 0.1) is 5.41 Å². The molecular weight excluding hydrogens is 1100 g/mol. The van der Waals surface area contributed by atoms with E-state index in [-0.39, 0.29) is 124 Å². The molecule has 4 amide bonds. The summed E-state index contributed by atoms with van der Waals surface area (Å²) >= 11 is 0. The summed E-state index contributed by atoms with van der Waals surface area (Å²) in [4.78, 5) is 48.7. The van der Waals surface area contributed by atoms with Crippen molar-refractivity contribution in [3.8, 4) is 0 Å². The topological polar surface area (TPSA) is 368 Å². The summed E-state index contributed by atoms with van der Waals surface area (Å²) < 4.78 is 90.7. The fraction of sp³-hybridized carbons (Fsp3) is 0.929. The number of nitrogens with two attached hydrogens (primary N) is 4. The summed E-state index contributed by atoms with van der Waals surface area (Å²) in [5.41, 5.74) is 20.8. The van der Waals surface area contributed by atoms with Gasteiger partial charge in [-0.05, 0) is 25.7 Å². The SMILES string of the molecule is C.C.C.NCCOCCOCCC(=O)NCCCOCCOCC(COCCOCCCNC(=O)CCOCCOCCN)(COCCOCCCNC(=O)CCOCCOCCN)COCCOCCCNC(=O)CCOCCOCCN. The molecule has 0 aromatic heterocycles. The van der Waals surface area contributed by atoms with Crippen molar-refractivity contribution in [1.82, 2.24) is 21.3 Å². The Morgan fingerprint density at radius 2 is 0.405 bits per heavy atom. The number of hydrogen-bond acceptors (Lipinski definition) is 24. The maximum Gasteiger partial charge on any atom is 0.222 e. The lowest BCUT2D eigenvalue weighted by molar-refractivity contribution is -0.123. The third kappa shape index (κ3) is 66.6. The zero-order chi connectivity index (χ0) is 58.9. The van der Waals surface area contributed by atoms with Crippen LogP contribution in [-0.2, 0) is 95.0 Å². The monoisotopic (exact) mass is 1220 g/mol. The zero-order valence-electron chi connectivity index (χ0n) is 48.9. The smallest absolute Gasteiger partial charge is 0.222 e. The Morgan fingerprint density at radius 1 is 0.238 bits per heavy atom. The van der Waals surface area contributed by atoms with Crippen molar-refractivity contribution in [3.63, 3.8) is 0 Å². The van der Waals surface area contributed by atoms with Crippen LogP contribution in [0.1, 0.15) is 73.6 Å². The van der Waals surface area contributed by atoms with Gasteiger partial charge in [-0.25, -0.2) is 0 Å². The highest BCUT2D eigenvalue weighted by molar-refractivity contribution is 5.77. The minimum Gasteiger partial charge on any atom is -0.379 e. The van der Waals surface area contributed by atoms with E-state index < -0.39 is 5.41 Å². The zero-order valence-corrected chi connectivity index (χ0v) is 48.9. The molecule has 0 unspecified atom stereocenters. The fourth-order valence-electron chi connectivity index (χ4n) is 6.53. The maximum absolute atomic E-state index is 12.2. The molecule has 12 N–H and O–H groups in total. The van der Waals surface area contributed by atoms with Gasteiger partial charge in [0.05, 0.1) is 190 Å². The minimum atomic E-state index is -0.756. The summed E-state index contributed by atoms with van der Waals surface area (Å²) in [5.74, 6) is -0.406. The predicted octanol–water partition coefficient (Wildman–Crippen LogP) is -0.433. The summed E-state index contributed by atoms with van der Waals surface area (Å²) in [6.45, 7) is 15.1. The highest BCUT2D eigenvalue weighted by Gasteiger charge is 2.33. The van der Waals surface area contributed by atoms with Gasteiger partial charge < -0.3 is 120 Å². The van der Waals surface area contributed by atoms with E-state index in [4.69, 9.17) is 98.7 Å². The van der Waals surface area contributed by atoms with E-state index in [1.165, 1.54) is 0 Å². The second-order valence-electron chi connectivity index (χ2n) is 18.0. The van der Waals surface area contributed by atoms with Crippen LogP contribution >= 0.6 is 0 Å². The molecule has 0 aliphatic heterocycles. The summed E-state index contributed by atoms with van der Waals surface area (Å²) in [7, 11) is 0. The lowest BCUT2D eigenvalue weighted by Crippen LogP contribution is -2.43. The van der Waals surface area contributed by atoms with Gasteiger partial charge in [0.15, 0.2) is 0 Å². The molecule has 0 saturated carbocycles. The van der Waals surface area contributed by atoms with Crippen LogP contribution in [0.3, 0.4) is 0 Å². The van der Waals surface area contributed by atoms with Gasteiger partial charge in [0.2, 0.25) is 23.6 Å². The molecule has 28 heteroatoms. The van der Waals surface area contributed by atoms with E-state index in [1.54, 1.807) is 0 Å². The van der Waals surface area contributed by atoms with E-state index in [2.05, 4.69) is 21.3 Å². The summed E-state index contributed by atoms with van der Waals surface area (Å²) in [6.07, 6.45) is 3.50. The van der Waals surface area contributed by atoms with Crippen LogP contribution < -0.4 is 44.2 Å². The summed E-state index contributed by atoms with van der Waals surface area (Å²) in [5, 5.41) is 11.5. The molecule has 0 heterocycles. The molecule has 28 nitrogen and oxygen atoms in total. The van der Waals surface area contributed by atoms with E-state index in [1.807, 2.05) is 0 Å². The molecule has 504 valence electrons. The normalized spacial score (nSPS) is 11.2. The minimum absolute atomic E-state index is 0.